The van der Waals surface area contributed by atoms with Gasteiger partial charge in [-0.3, -0.25) is 9.67 Å². The molecular formula is C21H37N5O2. The highest BCUT2D eigenvalue weighted by Gasteiger charge is 2.24. The van der Waals surface area contributed by atoms with Crippen LogP contribution in [0.25, 0.3) is 0 Å². The molecule has 158 valence electrons. The Balaban J connectivity index is 1.48. The number of likely N-dealkylation sites (tertiary alicyclic amines) is 1. The van der Waals surface area contributed by atoms with Gasteiger partial charge in [-0.2, -0.15) is 5.10 Å². The van der Waals surface area contributed by atoms with Gasteiger partial charge in [0, 0.05) is 51.6 Å². The van der Waals surface area contributed by atoms with Crippen LogP contribution in [0.1, 0.15) is 56.5 Å². The summed E-state index contributed by atoms with van der Waals surface area (Å²) in [5, 5.41) is 8.25. The second kappa shape index (κ2) is 10.3. The highest BCUT2D eigenvalue weighted by molar-refractivity contribution is 5.80. The Kier molecular flexibility index (Phi) is 7.73. The van der Waals surface area contributed by atoms with Crippen molar-refractivity contribution in [3.63, 3.8) is 0 Å². The maximum atomic E-state index is 6.10. The summed E-state index contributed by atoms with van der Waals surface area (Å²) in [6, 6.07) is 0. The highest BCUT2D eigenvalue weighted by Crippen LogP contribution is 2.19. The third kappa shape index (κ3) is 5.06. The quantitative estimate of drug-likeness (QED) is 0.571. The van der Waals surface area contributed by atoms with E-state index in [1.54, 1.807) is 0 Å². The number of nitrogens with zero attached hydrogens (tertiary/aromatic N) is 4. The predicted octanol–water partition coefficient (Wildman–Crippen LogP) is 2.28. The molecule has 7 nitrogen and oxygen atoms in total. The van der Waals surface area contributed by atoms with Gasteiger partial charge in [-0.15, -0.1) is 0 Å². The number of piperidine rings is 1. The lowest BCUT2D eigenvalue weighted by molar-refractivity contribution is -0.0367. The van der Waals surface area contributed by atoms with Gasteiger partial charge in [0.1, 0.15) is 0 Å². The van der Waals surface area contributed by atoms with Crippen molar-refractivity contribution in [2.24, 2.45) is 12.0 Å². The Morgan fingerprint density at radius 1 is 1.25 bits per heavy atom. The lowest BCUT2D eigenvalue weighted by atomic mass is 10.1. The molecule has 1 aromatic heterocycles. The summed E-state index contributed by atoms with van der Waals surface area (Å²) in [6.45, 7) is 8.73. The zero-order chi connectivity index (χ0) is 19.9. The minimum Gasteiger partial charge on any atom is -0.376 e. The van der Waals surface area contributed by atoms with Gasteiger partial charge in [0.2, 0.25) is 0 Å². The van der Waals surface area contributed by atoms with Gasteiger partial charge < -0.3 is 19.7 Å². The average Bonchev–Trinajstić information content (AvgIpc) is 3.35. The fourth-order valence-electron chi connectivity index (χ4n) is 4.35. The van der Waals surface area contributed by atoms with Crippen molar-refractivity contribution in [2.75, 3.05) is 33.4 Å². The number of rotatable bonds is 7. The molecule has 1 atom stereocenters. The molecule has 2 saturated heterocycles. The van der Waals surface area contributed by atoms with Crippen LogP contribution < -0.4 is 5.32 Å². The zero-order valence-electron chi connectivity index (χ0n) is 18.0. The summed E-state index contributed by atoms with van der Waals surface area (Å²) in [4.78, 5) is 6.87. The van der Waals surface area contributed by atoms with E-state index in [2.05, 4.69) is 34.2 Å². The normalized spacial score (nSPS) is 21.5. The first kappa shape index (κ1) is 21.1. The second-order valence-corrected chi connectivity index (χ2v) is 7.76. The Bertz CT molecular complexity index is 643. The summed E-state index contributed by atoms with van der Waals surface area (Å²) >= 11 is 0. The van der Waals surface area contributed by atoms with Crippen LogP contribution in [-0.4, -0.2) is 66.2 Å². The number of aliphatic imine (C=N–C) groups is 1. The van der Waals surface area contributed by atoms with Gasteiger partial charge in [0.25, 0.3) is 0 Å². The van der Waals surface area contributed by atoms with Crippen LogP contribution >= 0.6 is 0 Å². The molecule has 3 heterocycles. The van der Waals surface area contributed by atoms with E-state index < -0.39 is 0 Å². The van der Waals surface area contributed by atoms with E-state index in [9.17, 15) is 0 Å². The molecule has 0 aromatic carbocycles. The number of ether oxygens (including phenoxy) is 2. The third-order valence-corrected chi connectivity index (χ3v) is 5.95. The van der Waals surface area contributed by atoms with Gasteiger partial charge >= 0.3 is 0 Å². The molecule has 1 unspecified atom stereocenters. The van der Waals surface area contributed by atoms with Crippen LogP contribution in [0.3, 0.4) is 0 Å². The molecule has 0 radical (unpaired) electrons. The lowest BCUT2D eigenvalue weighted by Crippen LogP contribution is -2.47. The fraction of sp³-hybridized carbons (Fsp3) is 0.810. The molecule has 28 heavy (non-hydrogen) atoms. The van der Waals surface area contributed by atoms with Crippen molar-refractivity contribution in [3.8, 4) is 0 Å². The molecule has 0 aliphatic carbocycles. The topological polar surface area (TPSA) is 63.9 Å². The van der Waals surface area contributed by atoms with Gasteiger partial charge in [-0.25, -0.2) is 0 Å². The molecule has 0 spiro atoms. The number of aromatic nitrogens is 2. The van der Waals surface area contributed by atoms with Crippen LogP contribution in [0.2, 0.25) is 0 Å². The summed E-state index contributed by atoms with van der Waals surface area (Å²) in [5.41, 5.74) is 3.81. The molecule has 2 aliphatic rings. The molecule has 1 N–H and O–H groups in total. The largest absolute Gasteiger partial charge is 0.376 e. The first-order valence-electron chi connectivity index (χ1n) is 10.9. The number of hydrogen-bond acceptors (Lipinski definition) is 4. The van der Waals surface area contributed by atoms with Crippen molar-refractivity contribution >= 4 is 5.96 Å². The van der Waals surface area contributed by atoms with Crippen molar-refractivity contribution in [3.05, 3.63) is 17.0 Å². The van der Waals surface area contributed by atoms with Gasteiger partial charge in [0.15, 0.2) is 5.96 Å². The predicted molar refractivity (Wildman–Crippen MR) is 112 cm³/mol. The van der Waals surface area contributed by atoms with Crippen LogP contribution in [0.5, 0.6) is 0 Å². The van der Waals surface area contributed by atoms with Crippen LogP contribution in [0.15, 0.2) is 4.99 Å². The third-order valence-electron chi connectivity index (χ3n) is 5.95. The molecule has 0 bridgehead atoms. The summed E-state index contributed by atoms with van der Waals surface area (Å²) < 4.78 is 13.8. The first-order chi connectivity index (χ1) is 13.7. The Labute approximate surface area is 169 Å². The van der Waals surface area contributed by atoms with Crippen molar-refractivity contribution in [1.82, 2.24) is 20.0 Å². The van der Waals surface area contributed by atoms with E-state index in [0.717, 1.165) is 70.9 Å². The molecule has 0 saturated carbocycles. The second-order valence-electron chi connectivity index (χ2n) is 7.76. The Morgan fingerprint density at radius 2 is 2.04 bits per heavy atom. The molecular weight excluding hydrogens is 354 g/mol. The van der Waals surface area contributed by atoms with E-state index in [4.69, 9.17) is 9.47 Å². The van der Waals surface area contributed by atoms with Crippen molar-refractivity contribution in [2.45, 2.75) is 71.1 Å². The minimum atomic E-state index is 0.312. The molecule has 0 amide bonds. The minimum absolute atomic E-state index is 0.312. The summed E-state index contributed by atoms with van der Waals surface area (Å²) in [5.74, 6) is 0.977. The monoisotopic (exact) mass is 391 g/mol. The van der Waals surface area contributed by atoms with E-state index in [0.29, 0.717) is 12.2 Å². The van der Waals surface area contributed by atoms with Crippen molar-refractivity contribution < 1.29 is 9.47 Å². The maximum Gasteiger partial charge on any atom is 0.193 e. The smallest absolute Gasteiger partial charge is 0.193 e. The number of guanidine groups is 1. The summed E-state index contributed by atoms with van der Waals surface area (Å²) in [6.07, 6.45) is 7.00. The number of nitrogens with one attached hydrogen (secondary N) is 1. The Hall–Kier alpha value is -1.60. The summed E-state index contributed by atoms with van der Waals surface area (Å²) in [7, 11) is 3.91. The molecule has 2 aliphatic heterocycles. The van der Waals surface area contributed by atoms with Crippen molar-refractivity contribution in [1.29, 1.82) is 0 Å². The standard InChI is InChI=1S/C21H37N5O2/c1-5-19-18(20(6-2)25(4)24-19)14-23-21(22-3)26-11-9-16(10-12-26)28-15-17-8-7-13-27-17/h16-17H,5-15H2,1-4H3,(H,22,23). The molecule has 7 heteroatoms. The average molecular weight is 392 g/mol. The Morgan fingerprint density at radius 3 is 2.64 bits per heavy atom. The number of hydrogen-bond donors (Lipinski definition) is 1. The maximum absolute atomic E-state index is 6.10. The molecule has 3 rings (SSSR count). The first-order valence-corrected chi connectivity index (χ1v) is 10.9. The van der Waals surface area contributed by atoms with Crippen LogP contribution in [0.4, 0.5) is 0 Å². The lowest BCUT2D eigenvalue weighted by Gasteiger charge is -2.34. The van der Waals surface area contributed by atoms with E-state index in [-0.39, 0.29) is 0 Å². The SMILES string of the molecule is CCc1nn(C)c(CC)c1CNC(=NC)N1CCC(OCC2CCCO2)CC1. The number of aryl methyl sites for hydroxylation is 2. The van der Waals surface area contributed by atoms with E-state index in [1.807, 2.05) is 18.8 Å². The highest BCUT2D eigenvalue weighted by atomic mass is 16.5. The van der Waals surface area contributed by atoms with E-state index >= 15 is 0 Å². The van der Waals surface area contributed by atoms with Gasteiger partial charge in [-0.05, 0) is 38.5 Å². The molecule has 1 aromatic rings. The van der Waals surface area contributed by atoms with E-state index in [1.165, 1.54) is 23.4 Å². The molecule has 2 fully saturated rings. The van der Waals surface area contributed by atoms with Crippen LogP contribution in [0, 0.1) is 0 Å². The van der Waals surface area contributed by atoms with Gasteiger partial charge in [0.05, 0.1) is 24.5 Å². The van der Waals surface area contributed by atoms with Gasteiger partial charge in [-0.1, -0.05) is 13.8 Å². The van der Waals surface area contributed by atoms with Crippen LogP contribution in [-0.2, 0) is 35.9 Å². The zero-order valence-corrected chi connectivity index (χ0v) is 18.0. The fourth-order valence-corrected chi connectivity index (χ4v) is 4.35.